The van der Waals surface area contributed by atoms with Gasteiger partial charge < -0.3 is 10.1 Å². The van der Waals surface area contributed by atoms with Gasteiger partial charge in [-0.25, -0.2) is 0 Å². The first-order chi connectivity index (χ1) is 9.25. The number of para-hydroxylation sites is 1. The van der Waals surface area contributed by atoms with Crippen molar-refractivity contribution < 1.29 is 4.74 Å². The smallest absolute Gasteiger partial charge is 0.0969 e. The summed E-state index contributed by atoms with van der Waals surface area (Å²) in [4.78, 5) is 1.66. The second-order valence-electron chi connectivity index (χ2n) is 5.18. The highest BCUT2D eigenvalue weighted by Crippen LogP contribution is 2.17. The van der Waals surface area contributed by atoms with Gasteiger partial charge in [0.2, 0.25) is 0 Å². The van der Waals surface area contributed by atoms with Gasteiger partial charge in [0.1, 0.15) is 0 Å². The van der Waals surface area contributed by atoms with Crippen molar-refractivity contribution in [3.05, 3.63) is 42.2 Å². The summed E-state index contributed by atoms with van der Waals surface area (Å²) in [6.07, 6.45) is 2.85. The van der Waals surface area contributed by atoms with Gasteiger partial charge in [-0.05, 0) is 25.5 Å². The molecule has 1 unspecified atom stereocenters. The summed E-state index contributed by atoms with van der Waals surface area (Å²) in [5.74, 6) is 0. The van der Waals surface area contributed by atoms with E-state index in [2.05, 4.69) is 22.4 Å². The van der Waals surface area contributed by atoms with Crippen LogP contribution in [-0.2, 0) is 11.3 Å². The Morgan fingerprint density at radius 2 is 2.21 bits per heavy atom. The van der Waals surface area contributed by atoms with Crippen LogP contribution in [0.5, 0.6) is 0 Å². The molecule has 0 saturated carbocycles. The molecule has 5 heteroatoms. The molecule has 100 valence electrons. The van der Waals surface area contributed by atoms with Crippen LogP contribution in [0.3, 0.4) is 0 Å². The average Bonchev–Trinajstić information content (AvgIpc) is 3.07. The average molecular weight is 258 g/mol. The van der Waals surface area contributed by atoms with Crippen LogP contribution < -0.4 is 5.32 Å². The first-order valence-electron chi connectivity index (χ1n) is 6.55. The topological polar surface area (TPSA) is 52.0 Å². The van der Waals surface area contributed by atoms with E-state index in [-0.39, 0.29) is 5.54 Å². The highest BCUT2D eigenvalue weighted by Gasteiger charge is 2.28. The van der Waals surface area contributed by atoms with Crippen LogP contribution in [0.1, 0.15) is 19.0 Å². The lowest BCUT2D eigenvalue weighted by atomic mass is 10.0. The van der Waals surface area contributed by atoms with Crippen LogP contribution in [0.4, 0.5) is 0 Å². The van der Waals surface area contributed by atoms with E-state index in [1.807, 2.05) is 30.3 Å². The molecule has 2 aromatic rings. The zero-order valence-corrected chi connectivity index (χ0v) is 11.0. The number of hydrogen-bond donors (Lipinski definition) is 1. The van der Waals surface area contributed by atoms with E-state index in [1.54, 1.807) is 11.0 Å². The van der Waals surface area contributed by atoms with Gasteiger partial charge in [-0.1, -0.05) is 18.2 Å². The van der Waals surface area contributed by atoms with Gasteiger partial charge in [-0.15, -0.1) is 0 Å². The molecule has 0 spiro atoms. The highest BCUT2D eigenvalue weighted by molar-refractivity contribution is 5.28. The summed E-state index contributed by atoms with van der Waals surface area (Å²) in [6.45, 7) is 4.49. The lowest BCUT2D eigenvalue weighted by Gasteiger charge is -2.22. The monoisotopic (exact) mass is 258 g/mol. The molecule has 1 saturated heterocycles. The second-order valence-corrected chi connectivity index (χ2v) is 5.18. The van der Waals surface area contributed by atoms with Gasteiger partial charge in [0, 0.05) is 18.7 Å². The Bertz CT molecular complexity index is 531. The Morgan fingerprint density at radius 1 is 1.37 bits per heavy atom. The molecular formula is C14H18N4O. The van der Waals surface area contributed by atoms with Crippen LogP contribution in [0.2, 0.25) is 0 Å². The molecule has 2 heterocycles. The normalized spacial score (nSPS) is 22.8. The molecule has 3 rings (SSSR count). The summed E-state index contributed by atoms with van der Waals surface area (Å²) < 4.78 is 5.42. The van der Waals surface area contributed by atoms with Crippen molar-refractivity contribution in [1.29, 1.82) is 0 Å². The minimum atomic E-state index is 0.0660. The first kappa shape index (κ1) is 12.3. The molecule has 1 aliphatic rings. The molecule has 1 N–H and O–H groups in total. The van der Waals surface area contributed by atoms with Gasteiger partial charge in [-0.3, -0.25) is 0 Å². The van der Waals surface area contributed by atoms with E-state index in [0.29, 0.717) is 6.54 Å². The maximum absolute atomic E-state index is 5.42. The molecular weight excluding hydrogens is 240 g/mol. The zero-order chi connectivity index (χ0) is 13.1. The number of aromatic nitrogens is 3. The summed E-state index contributed by atoms with van der Waals surface area (Å²) >= 11 is 0. The minimum Gasteiger partial charge on any atom is -0.379 e. The van der Waals surface area contributed by atoms with Crippen LogP contribution >= 0.6 is 0 Å². The van der Waals surface area contributed by atoms with Gasteiger partial charge >= 0.3 is 0 Å². The SMILES string of the molecule is CC1(NCc2cnn(-c3ccccc3)n2)CCOC1. The molecule has 1 fully saturated rings. The number of nitrogens with one attached hydrogen (secondary N) is 1. The van der Waals surface area contributed by atoms with Crippen molar-refractivity contribution in [2.45, 2.75) is 25.4 Å². The van der Waals surface area contributed by atoms with Crippen LogP contribution in [0.15, 0.2) is 36.5 Å². The Hall–Kier alpha value is -1.72. The van der Waals surface area contributed by atoms with E-state index in [4.69, 9.17) is 4.74 Å². The predicted octanol–water partition coefficient (Wildman–Crippen LogP) is 1.54. The van der Waals surface area contributed by atoms with Gasteiger partial charge in [0.05, 0.1) is 24.2 Å². The third-order valence-electron chi connectivity index (χ3n) is 3.44. The minimum absolute atomic E-state index is 0.0660. The molecule has 0 radical (unpaired) electrons. The summed E-state index contributed by atoms with van der Waals surface area (Å²) in [7, 11) is 0. The van der Waals surface area contributed by atoms with Crippen molar-refractivity contribution >= 4 is 0 Å². The first-order valence-corrected chi connectivity index (χ1v) is 6.55. The molecule has 0 aliphatic carbocycles. The molecule has 1 aliphatic heterocycles. The number of rotatable bonds is 4. The van der Waals surface area contributed by atoms with E-state index < -0.39 is 0 Å². The largest absolute Gasteiger partial charge is 0.379 e. The Kier molecular flexibility index (Phi) is 3.31. The van der Waals surface area contributed by atoms with E-state index in [9.17, 15) is 0 Å². The fourth-order valence-corrected chi connectivity index (χ4v) is 2.17. The van der Waals surface area contributed by atoms with E-state index >= 15 is 0 Å². The fraction of sp³-hybridized carbons (Fsp3) is 0.429. The molecule has 1 aromatic carbocycles. The number of benzene rings is 1. The standard InChI is InChI=1S/C14H18N4O/c1-14(7-8-19-11-14)15-9-12-10-16-18(17-12)13-5-3-2-4-6-13/h2-6,10,15H,7-9,11H2,1H3. The fourth-order valence-electron chi connectivity index (χ4n) is 2.17. The second kappa shape index (κ2) is 5.11. The molecule has 0 bridgehead atoms. The summed E-state index contributed by atoms with van der Waals surface area (Å²) in [5, 5.41) is 12.3. The molecule has 1 atom stereocenters. The lowest BCUT2D eigenvalue weighted by Crippen LogP contribution is -2.42. The molecule has 0 amide bonds. The maximum atomic E-state index is 5.42. The van der Waals surface area contributed by atoms with E-state index in [0.717, 1.165) is 31.0 Å². The Labute approximate surface area is 112 Å². The van der Waals surface area contributed by atoms with Gasteiger partial charge in [0.25, 0.3) is 0 Å². The van der Waals surface area contributed by atoms with Crippen LogP contribution in [0.25, 0.3) is 5.69 Å². The van der Waals surface area contributed by atoms with Crippen molar-refractivity contribution in [3.8, 4) is 5.69 Å². The third kappa shape index (κ3) is 2.83. The van der Waals surface area contributed by atoms with Crippen LogP contribution in [0, 0.1) is 0 Å². The van der Waals surface area contributed by atoms with Crippen molar-refractivity contribution in [2.75, 3.05) is 13.2 Å². The Balaban J connectivity index is 1.65. The number of ether oxygens (including phenoxy) is 1. The van der Waals surface area contributed by atoms with Gasteiger partial charge in [0.15, 0.2) is 0 Å². The third-order valence-corrected chi connectivity index (χ3v) is 3.44. The number of nitrogens with zero attached hydrogens (tertiary/aromatic N) is 3. The maximum Gasteiger partial charge on any atom is 0.0969 e. The van der Waals surface area contributed by atoms with Crippen molar-refractivity contribution in [3.63, 3.8) is 0 Å². The molecule has 19 heavy (non-hydrogen) atoms. The van der Waals surface area contributed by atoms with Crippen molar-refractivity contribution in [2.24, 2.45) is 0 Å². The zero-order valence-electron chi connectivity index (χ0n) is 11.0. The number of hydrogen-bond acceptors (Lipinski definition) is 4. The quantitative estimate of drug-likeness (QED) is 0.903. The Morgan fingerprint density at radius 3 is 2.95 bits per heavy atom. The van der Waals surface area contributed by atoms with Crippen LogP contribution in [-0.4, -0.2) is 33.7 Å². The lowest BCUT2D eigenvalue weighted by molar-refractivity contribution is 0.171. The summed E-state index contributed by atoms with van der Waals surface area (Å²) in [5.41, 5.74) is 1.98. The van der Waals surface area contributed by atoms with E-state index in [1.165, 1.54) is 0 Å². The summed E-state index contributed by atoms with van der Waals surface area (Å²) in [6, 6.07) is 9.92. The van der Waals surface area contributed by atoms with Gasteiger partial charge in [-0.2, -0.15) is 15.0 Å². The molecule has 1 aromatic heterocycles. The highest BCUT2D eigenvalue weighted by atomic mass is 16.5. The molecule has 5 nitrogen and oxygen atoms in total. The predicted molar refractivity (Wildman–Crippen MR) is 72.0 cm³/mol. The van der Waals surface area contributed by atoms with Crippen molar-refractivity contribution in [1.82, 2.24) is 20.3 Å².